The van der Waals surface area contributed by atoms with Gasteiger partial charge in [0, 0.05) is 6.42 Å². The van der Waals surface area contributed by atoms with Gasteiger partial charge in [-0.15, -0.1) is 6.42 Å². The third-order valence-electron chi connectivity index (χ3n) is 3.48. The SMILES string of the molecule is C#C[C@]1(C#N)O[C@H](COC(=O)CCCCCC)[C@@H](O)[C@H]1O. The Bertz CT molecular complexity index is 422. The summed E-state index contributed by atoms with van der Waals surface area (Å²) in [5.41, 5.74) is -1.89. The van der Waals surface area contributed by atoms with Crippen LogP contribution in [0.2, 0.25) is 0 Å². The topological polar surface area (TPSA) is 99.8 Å². The molecule has 0 radical (unpaired) electrons. The second kappa shape index (κ2) is 7.99. The number of rotatable bonds is 7. The number of ether oxygens (including phenoxy) is 2. The van der Waals surface area contributed by atoms with Gasteiger partial charge < -0.3 is 19.7 Å². The minimum atomic E-state index is -1.89. The molecule has 0 aromatic heterocycles. The highest BCUT2D eigenvalue weighted by atomic mass is 16.6. The molecule has 0 amide bonds. The summed E-state index contributed by atoms with van der Waals surface area (Å²) in [4.78, 5) is 11.5. The Hall–Kier alpha value is -1.60. The van der Waals surface area contributed by atoms with Crippen molar-refractivity contribution >= 4 is 5.97 Å². The van der Waals surface area contributed by atoms with E-state index < -0.39 is 29.9 Å². The fourth-order valence-corrected chi connectivity index (χ4v) is 2.14. The van der Waals surface area contributed by atoms with Crippen molar-refractivity contribution in [2.24, 2.45) is 0 Å². The number of carbonyl (C=O) groups excluding carboxylic acids is 1. The zero-order chi connectivity index (χ0) is 15.9. The van der Waals surface area contributed by atoms with Crippen LogP contribution in [0.4, 0.5) is 0 Å². The van der Waals surface area contributed by atoms with Crippen molar-refractivity contribution in [3.63, 3.8) is 0 Å². The van der Waals surface area contributed by atoms with E-state index in [-0.39, 0.29) is 6.61 Å². The van der Waals surface area contributed by atoms with Gasteiger partial charge in [-0.1, -0.05) is 32.1 Å². The third-order valence-corrected chi connectivity index (χ3v) is 3.48. The van der Waals surface area contributed by atoms with Gasteiger partial charge >= 0.3 is 5.97 Å². The molecular weight excluding hydrogens is 274 g/mol. The smallest absolute Gasteiger partial charge is 0.305 e. The Balaban J connectivity index is 2.41. The number of unbranched alkanes of at least 4 members (excludes halogenated alkanes) is 3. The van der Waals surface area contributed by atoms with Crippen LogP contribution in [0, 0.1) is 23.7 Å². The molecule has 21 heavy (non-hydrogen) atoms. The molecule has 1 aliphatic rings. The lowest BCUT2D eigenvalue weighted by Gasteiger charge is -2.17. The van der Waals surface area contributed by atoms with Crippen LogP contribution in [0.3, 0.4) is 0 Å². The van der Waals surface area contributed by atoms with Crippen LogP contribution in [-0.2, 0) is 14.3 Å². The van der Waals surface area contributed by atoms with Crippen LogP contribution in [0.1, 0.15) is 39.0 Å². The molecule has 0 unspecified atom stereocenters. The van der Waals surface area contributed by atoms with Gasteiger partial charge in [-0.2, -0.15) is 5.26 Å². The summed E-state index contributed by atoms with van der Waals surface area (Å²) in [5.74, 6) is 1.64. The summed E-state index contributed by atoms with van der Waals surface area (Å²) in [6.45, 7) is 1.84. The number of carbonyl (C=O) groups is 1. The molecule has 1 rings (SSSR count). The van der Waals surface area contributed by atoms with Crippen molar-refractivity contribution in [3.8, 4) is 18.4 Å². The van der Waals surface area contributed by atoms with E-state index in [1.54, 1.807) is 6.07 Å². The largest absolute Gasteiger partial charge is 0.463 e. The first-order valence-electron chi connectivity index (χ1n) is 7.09. The summed E-state index contributed by atoms with van der Waals surface area (Å²) < 4.78 is 10.2. The zero-order valence-corrected chi connectivity index (χ0v) is 12.1. The highest BCUT2D eigenvalue weighted by molar-refractivity contribution is 5.69. The normalized spacial score (nSPS) is 31.4. The van der Waals surface area contributed by atoms with E-state index >= 15 is 0 Å². The first-order valence-corrected chi connectivity index (χ1v) is 7.09. The molecule has 116 valence electrons. The fraction of sp³-hybridized carbons (Fsp3) is 0.733. The highest BCUT2D eigenvalue weighted by Gasteiger charge is 2.54. The van der Waals surface area contributed by atoms with E-state index in [2.05, 4.69) is 6.92 Å². The molecule has 6 nitrogen and oxygen atoms in total. The van der Waals surface area contributed by atoms with E-state index in [1.165, 1.54) is 0 Å². The quantitative estimate of drug-likeness (QED) is 0.403. The molecule has 1 fully saturated rings. The standard InChI is InChI=1S/C15H21NO5/c1-3-5-6-7-8-12(17)20-9-11-13(18)14(19)15(4-2,10-16)21-11/h2,11,13-14,18-19H,3,5-9H2,1H3/t11-,13-,14-,15-/m1/s1. The third kappa shape index (κ3) is 4.18. The lowest BCUT2D eigenvalue weighted by Crippen LogP contribution is -2.40. The number of terminal acetylenes is 1. The summed E-state index contributed by atoms with van der Waals surface area (Å²) in [7, 11) is 0. The molecular formula is C15H21NO5. The van der Waals surface area contributed by atoms with Crippen molar-refractivity contribution in [1.29, 1.82) is 5.26 Å². The van der Waals surface area contributed by atoms with Crippen LogP contribution in [0.25, 0.3) is 0 Å². The van der Waals surface area contributed by atoms with E-state index in [0.717, 1.165) is 25.7 Å². The number of aliphatic hydroxyl groups excluding tert-OH is 2. The van der Waals surface area contributed by atoms with Crippen LogP contribution in [-0.4, -0.2) is 46.7 Å². The average molecular weight is 295 g/mol. The maximum absolute atomic E-state index is 11.5. The second-order valence-electron chi connectivity index (χ2n) is 5.08. The predicted molar refractivity (Wildman–Crippen MR) is 73.8 cm³/mol. The fourth-order valence-electron chi connectivity index (χ4n) is 2.14. The van der Waals surface area contributed by atoms with E-state index in [1.807, 2.05) is 5.92 Å². The van der Waals surface area contributed by atoms with Gasteiger partial charge in [0.15, 0.2) is 0 Å². The molecule has 1 heterocycles. The van der Waals surface area contributed by atoms with Crippen molar-refractivity contribution in [2.45, 2.75) is 62.9 Å². The number of hydrogen-bond acceptors (Lipinski definition) is 6. The molecule has 1 aliphatic heterocycles. The van der Waals surface area contributed by atoms with Gasteiger partial charge in [0.1, 0.15) is 31.0 Å². The molecule has 2 N–H and O–H groups in total. The average Bonchev–Trinajstić information content (AvgIpc) is 2.74. The van der Waals surface area contributed by atoms with Gasteiger partial charge in [-0.05, 0) is 6.42 Å². The monoisotopic (exact) mass is 295 g/mol. The molecule has 0 aromatic carbocycles. The first-order chi connectivity index (χ1) is 10.0. The number of nitriles is 1. The Morgan fingerprint density at radius 3 is 2.67 bits per heavy atom. The number of nitrogens with zero attached hydrogens (tertiary/aromatic N) is 1. The molecule has 0 saturated carbocycles. The molecule has 0 spiro atoms. The number of aliphatic hydroxyl groups is 2. The van der Waals surface area contributed by atoms with Crippen LogP contribution >= 0.6 is 0 Å². The Labute approximate surface area is 124 Å². The highest BCUT2D eigenvalue weighted by Crippen LogP contribution is 2.30. The predicted octanol–water partition coefficient (Wildman–Crippen LogP) is 0.516. The van der Waals surface area contributed by atoms with Gasteiger partial charge in [0.25, 0.3) is 0 Å². The summed E-state index contributed by atoms with van der Waals surface area (Å²) in [5, 5.41) is 28.5. The summed E-state index contributed by atoms with van der Waals surface area (Å²) in [6, 6.07) is 1.66. The molecule has 1 saturated heterocycles. The van der Waals surface area contributed by atoms with E-state index in [4.69, 9.17) is 21.2 Å². The van der Waals surface area contributed by atoms with Gasteiger partial charge in [0.2, 0.25) is 5.60 Å². The minimum absolute atomic E-state index is 0.240. The maximum atomic E-state index is 11.5. The molecule has 0 aromatic rings. The Morgan fingerprint density at radius 1 is 1.43 bits per heavy atom. The lowest BCUT2D eigenvalue weighted by atomic mass is 9.97. The van der Waals surface area contributed by atoms with E-state index in [0.29, 0.717) is 6.42 Å². The molecule has 4 atom stereocenters. The summed E-state index contributed by atoms with van der Waals surface area (Å²) >= 11 is 0. The molecule has 0 bridgehead atoms. The first kappa shape index (κ1) is 17.5. The minimum Gasteiger partial charge on any atom is -0.463 e. The van der Waals surface area contributed by atoms with Gasteiger partial charge in [0.05, 0.1) is 0 Å². The van der Waals surface area contributed by atoms with E-state index in [9.17, 15) is 15.0 Å². The number of hydrogen-bond donors (Lipinski definition) is 2. The van der Waals surface area contributed by atoms with Crippen LogP contribution in [0.15, 0.2) is 0 Å². The summed E-state index contributed by atoms with van der Waals surface area (Å²) in [6.07, 6.45) is 5.42. The number of esters is 1. The maximum Gasteiger partial charge on any atom is 0.305 e. The van der Waals surface area contributed by atoms with Crippen LogP contribution in [0.5, 0.6) is 0 Å². The van der Waals surface area contributed by atoms with Crippen molar-refractivity contribution < 1.29 is 24.5 Å². The Kier molecular flexibility index (Phi) is 6.64. The van der Waals surface area contributed by atoms with Crippen LogP contribution < -0.4 is 0 Å². The van der Waals surface area contributed by atoms with Gasteiger partial charge in [-0.3, -0.25) is 4.79 Å². The molecule has 6 heteroatoms. The van der Waals surface area contributed by atoms with Crippen molar-refractivity contribution in [1.82, 2.24) is 0 Å². The van der Waals surface area contributed by atoms with Crippen molar-refractivity contribution in [3.05, 3.63) is 0 Å². The van der Waals surface area contributed by atoms with Crippen molar-refractivity contribution in [2.75, 3.05) is 6.61 Å². The zero-order valence-electron chi connectivity index (χ0n) is 12.1. The lowest BCUT2D eigenvalue weighted by molar-refractivity contribution is -0.149. The molecule has 0 aliphatic carbocycles. The second-order valence-corrected chi connectivity index (χ2v) is 5.08. The van der Waals surface area contributed by atoms with Gasteiger partial charge in [-0.25, -0.2) is 0 Å². The Morgan fingerprint density at radius 2 is 2.14 bits per heavy atom.